The summed E-state index contributed by atoms with van der Waals surface area (Å²) in [5, 5.41) is 9.78. The highest BCUT2D eigenvalue weighted by Crippen LogP contribution is 2.39. The first-order valence-electron chi connectivity index (χ1n) is 7.28. The number of hydrogen-bond acceptors (Lipinski definition) is 4. The molecular formula is C15H27NO3. The molecule has 110 valence electrons. The van der Waals surface area contributed by atoms with E-state index in [-0.39, 0.29) is 23.7 Å². The van der Waals surface area contributed by atoms with E-state index >= 15 is 0 Å². The number of Topliss-reactive ketones (excluding diaryl/α,β-unsaturated/α-hetero) is 1. The second-order valence-electron chi connectivity index (χ2n) is 7.23. The van der Waals surface area contributed by atoms with Crippen LogP contribution in [0.25, 0.3) is 0 Å². The molecule has 0 bridgehead atoms. The maximum atomic E-state index is 12.5. The van der Waals surface area contributed by atoms with Crippen molar-refractivity contribution >= 4 is 5.78 Å². The lowest BCUT2D eigenvalue weighted by Crippen LogP contribution is -2.47. The number of carbonyl (C=O) groups is 1. The van der Waals surface area contributed by atoms with Crippen molar-refractivity contribution in [3.05, 3.63) is 0 Å². The molecule has 2 aliphatic heterocycles. The highest BCUT2D eigenvalue weighted by Gasteiger charge is 2.53. The lowest BCUT2D eigenvalue weighted by atomic mass is 9.84. The van der Waals surface area contributed by atoms with Crippen LogP contribution in [0, 0.1) is 11.8 Å². The van der Waals surface area contributed by atoms with E-state index in [0.29, 0.717) is 0 Å². The first-order chi connectivity index (χ1) is 8.63. The van der Waals surface area contributed by atoms with E-state index in [1.165, 1.54) is 0 Å². The first-order valence-corrected chi connectivity index (χ1v) is 7.28. The normalized spacial score (nSPS) is 38.6. The van der Waals surface area contributed by atoms with Crippen LogP contribution in [0.3, 0.4) is 0 Å². The van der Waals surface area contributed by atoms with Crippen LogP contribution < -0.4 is 0 Å². The second-order valence-corrected chi connectivity index (χ2v) is 7.23. The fourth-order valence-corrected chi connectivity index (χ4v) is 3.46. The summed E-state index contributed by atoms with van der Waals surface area (Å²) in [4.78, 5) is 14.8. The first kappa shape index (κ1) is 14.9. The summed E-state index contributed by atoms with van der Waals surface area (Å²) in [5.41, 5.74) is -1.07. The number of rotatable bonds is 2. The number of nitrogens with zero attached hydrogens (tertiary/aromatic N) is 1. The zero-order chi connectivity index (χ0) is 14.4. The Morgan fingerprint density at radius 1 is 1.37 bits per heavy atom. The van der Waals surface area contributed by atoms with Gasteiger partial charge in [-0.2, -0.15) is 0 Å². The van der Waals surface area contributed by atoms with Gasteiger partial charge in [0.15, 0.2) is 5.78 Å². The zero-order valence-electron chi connectivity index (χ0n) is 12.8. The van der Waals surface area contributed by atoms with E-state index < -0.39 is 11.2 Å². The predicted molar refractivity (Wildman–Crippen MR) is 74.0 cm³/mol. The third-order valence-corrected chi connectivity index (χ3v) is 4.65. The standard InChI is InChI=1S/C15H27NO3/c1-10-8-16(7-6-12(10)17)9-11-13(18)15(4,5)19-14(11,2)3/h10-12,17H,6-9H2,1-5H3. The number of aliphatic hydroxyl groups is 1. The van der Waals surface area contributed by atoms with E-state index in [0.717, 1.165) is 26.1 Å². The van der Waals surface area contributed by atoms with Crippen molar-refractivity contribution in [2.45, 2.75) is 58.3 Å². The summed E-state index contributed by atoms with van der Waals surface area (Å²) >= 11 is 0. The smallest absolute Gasteiger partial charge is 0.171 e. The van der Waals surface area contributed by atoms with Crippen LogP contribution in [-0.2, 0) is 9.53 Å². The van der Waals surface area contributed by atoms with Crippen LogP contribution in [0.4, 0.5) is 0 Å². The van der Waals surface area contributed by atoms with E-state index in [1.54, 1.807) is 0 Å². The van der Waals surface area contributed by atoms with Crippen molar-refractivity contribution in [3.63, 3.8) is 0 Å². The van der Waals surface area contributed by atoms with Gasteiger partial charge in [-0.05, 0) is 40.0 Å². The Morgan fingerprint density at radius 2 is 2.00 bits per heavy atom. The third kappa shape index (κ3) is 2.86. The number of ketones is 1. The molecule has 0 aliphatic carbocycles. The molecule has 0 radical (unpaired) electrons. The average Bonchev–Trinajstić information content (AvgIpc) is 2.42. The van der Waals surface area contributed by atoms with Gasteiger partial charge in [0.2, 0.25) is 0 Å². The van der Waals surface area contributed by atoms with E-state index in [2.05, 4.69) is 11.8 Å². The number of piperidine rings is 1. The number of aliphatic hydroxyl groups excluding tert-OH is 1. The number of likely N-dealkylation sites (tertiary alicyclic amines) is 1. The molecule has 1 N–H and O–H groups in total. The Labute approximate surface area is 116 Å². The highest BCUT2D eigenvalue weighted by atomic mass is 16.5. The van der Waals surface area contributed by atoms with Gasteiger partial charge >= 0.3 is 0 Å². The molecule has 19 heavy (non-hydrogen) atoms. The van der Waals surface area contributed by atoms with Crippen LogP contribution in [-0.4, -0.2) is 52.7 Å². The Morgan fingerprint density at radius 3 is 2.47 bits per heavy atom. The van der Waals surface area contributed by atoms with Gasteiger partial charge in [0.1, 0.15) is 5.60 Å². The molecule has 0 aromatic carbocycles. The van der Waals surface area contributed by atoms with Crippen LogP contribution in [0.5, 0.6) is 0 Å². The molecule has 0 aromatic rings. The van der Waals surface area contributed by atoms with E-state index in [4.69, 9.17) is 4.74 Å². The van der Waals surface area contributed by atoms with Gasteiger partial charge in [-0.1, -0.05) is 6.92 Å². The molecule has 4 nitrogen and oxygen atoms in total. The minimum absolute atomic E-state index is 0.0788. The molecule has 3 atom stereocenters. The van der Waals surface area contributed by atoms with Gasteiger partial charge in [-0.25, -0.2) is 0 Å². The molecule has 2 fully saturated rings. The van der Waals surface area contributed by atoms with E-state index in [1.807, 2.05) is 27.7 Å². The van der Waals surface area contributed by atoms with Crippen molar-refractivity contribution < 1.29 is 14.6 Å². The number of ether oxygens (including phenoxy) is 1. The quantitative estimate of drug-likeness (QED) is 0.824. The zero-order valence-corrected chi connectivity index (χ0v) is 12.8. The van der Waals surface area contributed by atoms with Crippen molar-refractivity contribution in [3.8, 4) is 0 Å². The van der Waals surface area contributed by atoms with Crippen molar-refractivity contribution in [1.29, 1.82) is 0 Å². The molecule has 2 saturated heterocycles. The fraction of sp³-hybridized carbons (Fsp3) is 0.933. The summed E-state index contributed by atoms with van der Waals surface area (Å²) in [6.07, 6.45) is 0.600. The monoisotopic (exact) mass is 269 g/mol. The van der Waals surface area contributed by atoms with Crippen LogP contribution in [0.2, 0.25) is 0 Å². The summed E-state index contributed by atoms with van der Waals surface area (Å²) in [7, 11) is 0. The molecule has 2 rings (SSSR count). The highest BCUT2D eigenvalue weighted by molar-refractivity contribution is 5.91. The summed E-state index contributed by atoms with van der Waals surface area (Å²) < 4.78 is 5.92. The Bertz CT molecular complexity index is 364. The minimum atomic E-state index is -0.672. The lowest BCUT2D eigenvalue weighted by molar-refractivity contribution is -0.132. The summed E-state index contributed by atoms with van der Waals surface area (Å²) in [6.45, 7) is 12.3. The predicted octanol–water partition coefficient (Wildman–Crippen LogP) is 1.46. The Balaban J connectivity index is 2.04. The van der Waals surface area contributed by atoms with Gasteiger partial charge in [0.25, 0.3) is 0 Å². The van der Waals surface area contributed by atoms with Gasteiger partial charge in [-0.15, -0.1) is 0 Å². The molecule has 2 aliphatic rings. The van der Waals surface area contributed by atoms with Gasteiger partial charge < -0.3 is 14.7 Å². The number of carbonyl (C=O) groups excluding carboxylic acids is 1. The topological polar surface area (TPSA) is 49.8 Å². The van der Waals surface area contributed by atoms with Gasteiger partial charge in [-0.3, -0.25) is 4.79 Å². The van der Waals surface area contributed by atoms with E-state index in [9.17, 15) is 9.90 Å². The fourth-order valence-electron chi connectivity index (χ4n) is 3.46. The lowest BCUT2D eigenvalue weighted by Gasteiger charge is -2.37. The van der Waals surface area contributed by atoms with Crippen molar-refractivity contribution in [2.24, 2.45) is 11.8 Å². The Hall–Kier alpha value is -0.450. The molecule has 2 heterocycles. The van der Waals surface area contributed by atoms with Gasteiger partial charge in [0.05, 0.1) is 17.6 Å². The molecule has 4 heteroatoms. The summed E-state index contributed by atoms with van der Waals surface area (Å²) in [6, 6.07) is 0. The largest absolute Gasteiger partial charge is 0.393 e. The number of hydrogen-bond donors (Lipinski definition) is 1. The molecule has 0 saturated carbocycles. The maximum Gasteiger partial charge on any atom is 0.171 e. The van der Waals surface area contributed by atoms with Crippen LogP contribution in [0.15, 0.2) is 0 Å². The summed E-state index contributed by atoms with van der Waals surface area (Å²) in [5.74, 6) is 0.406. The second kappa shape index (κ2) is 4.83. The molecule has 0 aromatic heterocycles. The van der Waals surface area contributed by atoms with Crippen LogP contribution in [0.1, 0.15) is 41.0 Å². The molecule has 0 amide bonds. The SMILES string of the molecule is CC1CN(CC2C(=O)C(C)(C)OC2(C)C)CCC1O. The minimum Gasteiger partial charge on any atom is -0.393 e. The molecule has 3 unspecified atom stereocenters. The molecule has 0 spiro atoms. The van der Waals surface area contributed by atoms with Crippen molar-refractivity contribution in [2.75, 3.05) is 19.6 Å². The Kier molecular flexibility index (Phi) is 3.80. The van der Waals surface area contributed by atoms with Gasteiger partial charge in [0, 0.05) is 19.6 Å². The third-order valence-electron chi connectivity index (χ3n) is 4.65. The maximum absolute atomic E-state index is 12.5. The molecular weight excluding hydrogens is 242 g/mol. The van der Waals surface area contributed by atoms with Crippen LogP contribution >= 0.6 is 0 Å². The average molecular weight is 269 g/mol. The van der Waals surface area contributed by atoms with Crippen molar-refractivity contribution in [1.82, 2.24) is 4.90 Å².